The molecule has 0 saturated heterocycles. The van der Waals surface area contributed by atoms with Crippen LogP contribution in [0, 0.1) is 5.92 Å². The first-order valence-corrected chi connectivity index (χ1v) is 6.67. The Labute approximate surface area is 105 Å². The van der Waals surface area contributed by atoms with Crippen molar-refractivity contribution in [2.24, 2.45) is 10.9 Å². The summed E-state index contributed by atoms with van der Waals surface area (Å²) in [5.74, 6) is 0.545. The van der Waals surface area contributed by atoms with Gasteiger partial charge in [0.1, 0.15) is 12.1 Å². The highest BCUT2D eigenvalue weighted by molar-refractivity contribution is 5.74. The van der Waals surface area contributed by atoms with Gasteiger partial charge >= 0.3 is 5.97 Å². The SMILES string of the molecule is CC(C)(C)OC(=O)CN=CCC1CCCCC1. The fourth-order valence-corrected chi connectivity index (χ4v) is 2.16. The summed E-state index contributed by atoms with van der Waals surface area (Å²) in [6, 6.07) is 0. The van der Waals surface area contributed by atoms with E-state index in [0.717, 1.165) is 12.3 Å². The molecule has 0 aromatic rings. The lowest BCUT2D eigenvalue weighted by Gasteiger charge is -2.19. The van der Waals surface area contributed by atoms with Gasteiger partial charge in [-0.3, -0.25) is 9.79 Å². The molecule has 1 aliphatic rings. The van der Waals surface area contributed by atoms with E-state index in [1.165, 1.54) is 32.1 Å². The molecule has 1 saturated carbocycles. The third kappa shape index (κ3) is 7.14. The van der Waals surface area contributed by atoms with Gasteiger partial charge in [0.2, 0.25) is 0 Å². The number of esters is 1. The first kappa shape index (κ1) is 14.2. The number of carbonyl (C=O) groups is 1. The summed E-state index contributed by atoms with van der Waals surface area (Å²) >= 11 is 0. The van der Waals surface area contributed by atoms with Gasteiger partial charge < -0.3 is 4.74 Å². The van der Waals surface area contributed by atoms with E-state index in [9.17, 15) is 4.79 Å². The highest BCUT2D eigenvalue weighted by Crippen LogP contribution is 2.25. The van der Waals surface area contributed by atoms with Crippen molar-refractivity contribution in [3.63, 3.8) is 0 Å². The number of rotatable bonds is 4. The molecule has 0 N–H and O–H groups in total. The molecule has 98 valence electrons. The smallest absolute Gasteiger partial charge is 0.328 e. The molecule has 0 aromatic carbocycles. The molecule has 0 unspecified atom stereocenters. The predicted octanol–water partition coefficient (Wildman–Crippen LogP) is 3.37. The zero-order chi connectivity index (χ0) is 12.7. The van der Waals surface area contributed by atoms with E-state index in [0.29, 0.717) is 0 Å². The first-order valence-electron chi connectivity index (χ1n) is 6.67. The average Bonchev–Trinajstić information content (AvgIpc) is 2.23. The number of hydrogen-bond donors (Lipinski definition) is 0. The second kappa shape index (κ2) is 6.77. The molecular weight excluding hydrogens is 214 g/mol. The fraction of sp³-hybridized carbons (Fsp3) is 0.857. The van der Waals surface area contributed by atoms with E-state index < -0.39 is 5.60 Å². The van der Waals surface area contributed by atoms with Gasteiger partial charge in [-0.1, -0.05) is 32.1 Å². The number of aliphatic imine (C=N–C) groups is 1. The van der Waals surface area contributed by atoms with Crippen molar-refractivity contribution >= 4 is 12.2 Å². The van der Waals surface area contributed by atoms with E-state index in [1.807, 2.05) is 27.0 Å². The number of carbonyl (C=O) groups excluding carboxylic acids is 1. The van der Waals surface area contributed by atoms with Gasteiger partial charge in [-0.05, 0) is 39.3 Å². The molecule has 0 bridgehead atoms. The third-order valence-corrected chi connectivity index (χ3v) is 2.93. The van der Waals surface area contributed by atoms with Crippen molar-refractivity contribution in [2.75, 3.05) is 6.54 Å². The molecule has 3 heteroatoms. The van der Waals surface area contributed by atoms with E-state index in [-0.39, 0.29) is 12.5 Å². The summed E-state index contributed by atoms with van der Waals surface area (Å²) in [5, 5.41) is 0. The minimum Gasteiger partial charge on any atom is -0.459 e. The Balaban J connectivity index is 2.14. The molecule has 0 amide bonds. The Bertz CT molecular complexity index is 260. The van der Waals surface area contributed by atoms with Crippen LogP contribution in [0.2, 0.25) is 0 Å². The maximum Gasteiger partial charge on any atom is 0.328 e. The number of hydrogen-bond acceptors (Lipinski definition) is 3. The van der Waals surface area contributed by atoms with Crippen LogP contribution in [-0.2, 0) is 9.53 Å². The second-order valence-corrected chi connectivity index (χ2v) is 5.85. The number of ether oxygens (including phenoxy) is 1. The topological polar surface area (TPSA) is 38.7 Å². The minimum atomic E-state index is -0.407. The lowest BCUT2D eigenvalue weighted by molar-refractivity contribution is -0.152. The van der Waals surface area contributed by atoms with Crippen LogP contribution in [0.15, 0.2) is 4.99 Å². The van der Waals surface area contributed by atoms with Crippen molar-refractivity contribution in [2.45, 2.75) is 64.9 Å². The van der Waals surface area contributed by atoms with Gasteiger partial charge in [0.15, 0.2) is 0 Å². The van der Waals surface area contributed by atoms with Gasteiger partial charge in [-0.2, -0.15) is 0 Å². The quantitative estimate of drug-likeness (QED) is 0.557. The van der Waals surface area contributed by atoms with Crippen LogP contribution in [-0.4, -0.2) is 24.3 Å². The van der Waals surface area contributed by atoms with Crippen LogP contribution in [0.1, 0.15) is 59.3 Å². The zero-order valence-electron chi connectivity index (χ0n) is 11.4. The fourth-order valence-electron chi connectivity index (χ4n) is 2.16. The standard InChI is InChI=1S/C14H25NO2/c1-14(2,3)17-13(16)11-15-10-9-12-7-5-4-6-8-12/h10,12H,4-9,11H2,1-3H3. The lowest BCUT2D eigenvalue weighted by atomic mass is 9.87. The molecule has 0 atom stereocenters. The Morgan fingerprint density at radius 2 is 1.94 bits per heavy atom. The van der Waals surface area contributed by atoms with E-state index in [4.69, 9.17) is 4.74 Å². The van der Waals surface area contributed by atoms with Crippen LogP contribution >= 0.6 is 0 Å². The highest BCUT2D eigenvalue weighted by Gasteiger charge is 2.15. The molecule has 0 radical (unpaired) electrons. The monoisotopic (exact) mass is 239 g/mol. The van der Waals surface area contributed by atoms with Crippen LogP contribution in [0.5, 0.6) is 0 Å². The van der Waals surface area contributed by atoms with E-state index >= 15 is 0 Å². The van der Waals surface area contributed by atoms with Crippen molar-refractivity contribution in [1.82, 2.24) is 0 Å². The summed E-state index contributed by atoms with van der Waals surface area (Å²) in [4.78, 5) is 15.5. The summed E-state index contributed by atoms with van der Waals surface area (Å²) in [6.07, 6.45) is 9.64. The maximum absolute atomic E-state index is 11.4. The maximum atomic E-state index is 11.4. The molecule has 1 fully saturated rings. The highest BCUT2D eigenvalue weighted by atomic mass is 16.6. The van der Waals surface area contributed by atoms with Crippen molar-refractivity contribution < 1.29 is 9.53 Å². The van der Waals surface area contributed by atoms with E-state index in [1.54, 1.807) is 0 Å². The normalized spacial score (nSPS) is 18.5. The predicted molar refractivity (Wildman–Crippen MR) is 70.4 cm³/mol. The number of nitrogens with zero attached hydrogens (tertiary/aromatic N) is 1. The molecule has 1 aliphatic carbocycles. The molecule has 0 aliphatic heterocycles. The molecular formula is C14H25NO2. The van der Waals surface area contributed by atoms with Gasteiger partial charge in [-0.15, -0.1) is 0 Å². The summed E-state index contributed by atoms with van der Waals surface area (Å²) in [5.41, 5.74) is -0.407. The lowest BCUT2D eigenvalue weighted by Crippen LogP contribution is -2.25. The molecule has 0 heterocycles. The van der Waals surface area contributed by atoms with Crippen LogP contribution in [0.25, 0.3) is 0 Å². The molecule has 3 nitrogen and oxygen atoms in total. The van der Waals surface area contributed by atoms with Crippen LogP contribution in [0.3, 0.4) is 0 Å². The van der Waals surface area contributed by atoms with Crippen LogP contribution in [0.4, 0.5) is 0 Å². The van der Waals surface area contributed by atoms with Crippen molar-refractivity contribution in [3.8, 4) is 0 Å². The molecule has 0 aromatic heterocycles. The van der Waals surface area contributed by atoms with E-state index in [2.05, 4.69) is 4.99 Å². The van der Waals surface area contributed by atoms with Crippen LogP contribution < -0.4 is 0 Å². The Hall–Kier alpha value is -0.860. The Morgan fingerprint density at radius 1 is 1.29 bits per heavy atom. The Morgan fingerprint density at radius 3 is 2.53 bits per heavy atom. The van der Waals surface area contributed by atoms with Gasteiger partial charge in [0, 0.05) is 0 Å². The van der Waals surface area contributed by atoms with Gasteiger partial charge in [-0.25, -0.2) is 0 Å². The zero-order valence-corrected chi connectivity index (χ0v) is 11.4. The second-order valence-electron chi connectivity index (χ2n) is 5.85. The minimum absolute atomic E-state index is 0.157. The van der Waals surface area contributed by atoms with Gasteiger partial charge in [0.25, 0.3) is 0 Å². The molecule has 1 rings (SSSR count). The summed E-state index contributed by atoms with van der Waals surface area (Å²) in [6.45, 7) is 5.77. The van der Waals surface area contributed by atoms with Gasteiger partial charge in [0.05, 0.1) is 0 Å². The molecule has 0 spiro atoms. The Kier molecular flexibility index (Phi) is 5.66. The molecule has 17 heavy (non-hydrogen) atoms. The largest absolute Gasteiger partial charge is 0.459 e. The first-order chi connectivity index (χ1) is 7.97. The van der Waals surface area contributed by atoms with Crippen molar-refractivity contribution in [3.05, 3.63) is 0 Å². The summed E-state index contributed by atoms with van der Waals surface area (Å²) < 4.78 is 5.18. The van der Waals surface area contributed by atoms with Crippen molar-refractivity contribution in [1.29, 1.82) is 0 Å². The average molecular weight is 239 g/mol. The third-order valence-electron chi connectivity index (χ3n) is 2.93. The summed E-state index contributed by atoms with van der Waals surface area (Å²) in [7, 11) is 0.